The first-order chi connectivity index (χ1) is 9.25. The van der Waals surface area contributed by atoms with Gasteiger partial charge >= 0.3 is 0 Å². The fraction of sp³-hybridized carbons (Fsp3) is 0.500. The molecule has 19 heavy (non-hydrogen) atoms. The molecule has 1 aromatic carbocycles. The van der Waals surface area contributed by atoms with Gasteiger partial charge in [-0.3, -0.25) is 0 Å². The van der Waals surface area contributed by atoms with Gasteiger partial charge in [0.25, 0.3) is 0 Å². The first kappa shape index (κ1) is 14.1. The molecule has 0 aliphatic carbocycles. The lowest BCUT2D eigenvalue weighted by Gasteiger charge is -2.15. The molecule has 0 amide bonds. The zero-order chi connectivity index (χ0) is 13.5. The maximum atomic E-state index is 5.74. The quantitative estimate of drug-likeness (QED) is 0.795. The minimum atomic E-state index is 0.782. The van der Waals surface area contributed by atoms with Crippen LogP contribution in [0.15, 0.2) is 30.3 Å². The van der Waals surface area contributed by atoms with Crippen molar-refractivity contribution in [1.82, 2.24) is 10.2 Å². The lowest BCUT2D eigenvalue weighted by Crippen LogP contribution is -2.19. The fourth-order valence-electron chi connectivity index (χ4n) is 2.22. The summed E-state index contributed by atoms with van der Waals surface area (Å²) in [6, 6.07) is 8.48. The van der Waals surface area contributed by atoms with E-state index in [2.05, 4.69) is 54.7 Å². The smallest absolute Gasteiger partial charge is 0.119 e. The Hall–Kier alpha value is -1.32. The van der Waals surface area contributed by atoms with Crippen molar-refractivity contribution in [3.8, 4) is 5.75 Å². The van der Waals surface area contributed by atoms with Crippen LogP contribution in [0, 0.1) is 0 Å². The predicted octanol–water partition coefficient (Wildman–Crippen LogP) is 2.39. The molecule has 0 bridgehead atoms. The minimum Gasteiger partial charge on any atom is -0.494 e. The highest BCUT2D eigenvalue weighted by Crippen LogP contribution is 2.22. The van der Waals surface area contributed by atoms with E-state index in [9.17, 15) is 0 Å². The van der Waals surface area contributed by atoms with Crippen LogP contribution in [0.1, 0.15) is 18.4 Å². The molecule has 0 saturated carbocycles. The van der Waals surface area contributed by atoms with Gasteiger partial charge in [0, 0.05) is 13.1 Å². The first-order valence-electron chi connectivity index (χ1n) is 7.03. The molecule has 1 aromatic rings. The van der Waals surface area contributed by atoms with Crippen LogP contribution in [0.2, 0.25) is 0 Å². The summed E-state index contributed by atoms with van der Waals surface area (Å²) in [4.78, 5) is 2.18. The molecule has 2 rings (SSSR count). The Kier molecular flexibility index (Phi) is 5.43. The van der Waals surface area contributed by atoms with Gasteiger partial charge in [0.15, 0.2) is 0 Å². The van der Waals surface area contributed by atoms with Crippen molar-refractivity contribution in [2.45, 2.75) is 12.8 Å². The average Bonchev–Trinajstić information content (AvgIpc) is 2.45. The van der Waals surface area contributed by atoms with Crippen LogP contribution < -0.4 is 10.1 Å². The summed E-state index contributed by atoms with van der Waals surface area (Å²) in [7, 11) is 4.17. The number of hydrogen-bond acceptors (Lipinski definition) is 3. The second-order valence-electron chi connectivity index (χ2n) is 5.21. The van der Waals surface area contributed by atoms with Crippen LogP contribution in [0.3, 0.4) is 0 Å². The van der Waals surface area contributed by atoms with Gasteiger partial charge in [-0.15, -0.1) is 0 Å². The third-order valence-electron chi connectivity index (χ3n) is 3.31. The molecule has 3 nitrogen and oxygen atoms in total. The lowest BCUT2D eigenvalue weighted by molar-refractivity contribution is 0.281. The number of hydrogen-bond donors (Lipinski definition) is 1. The summed E-state index contributed by atoms with van der Waals surface area (Å²) >= 11 is 0. The van der Waals surface area contributed by atoms with Crippen molar-refractivity contribution in [3.63, 3.8) is 0 Å². The predicted molar refractivity (Wildman–Crippen MR) is 80.6 cm³/mol. The minimum absolute atomic E-state index is 0.782. The summed E-state index contributed by atoms with van der Waals surface area (Å²) in [5, 5.41) is 3.33. The monoisotopic (exact) mass is 260 g/mol. The summed E-state index contributed by atoms with van der Waals surface area (Å²) in [5.41, 5.74) is 2.76. The van der Waals surface area contributed by atoms with Crippen LogP contribution in [0.25, 0.3) is 5.57 Å². The summed E-state index contributed by atoms with van der Waals surface area (Å²) in [6.07, 6.45) is 4.45. The highest BCUT2D eigenvalue weighted by Gasteiger charge is 2.05. The van der Waals surface area contributed by atoms with Gasteiger partial charge < -0.3 is 15.0 Å². The molecule has 0 aromatic heterocycles. The molecular formula is C16H24N2O. The molecule has 104 valence electrons. The van der Waals surface area contributed by atoms with Gasteiger partial charge in [0.1, 0.15) is 5.75 Å². The largest absolute Gasteiger partial charge is 0.494 e. The maximum absolute atomic E-state index is 5.74. The molecule has 1 aliphatic heterocycles. The molecule has 1 N–H and O–H groups in total. The Morgan fingerprint density at radius 2 is 2.00 bits per heavy atom. The fourth-order valence-corrected chi connectivity index (χ4v) is 2.22. The van der Waals surface area contributed by atoms with E-state index in [1.165, 1.54) is 11.1 Å². The molecule has 0 spiro atoms. The van der Waals surface area contributed by atoms with Crippen LogP contribution >= 0.6 is 0 Å². The van der Waals surface area contributed by atoms with Crippen LogP contribution in [-0.2, 0) is 0 Å². The van der Waals surface area contributed by atoms with E-state index in [1.54, 1.807) is 0 Å². The number of benzene rings is 1. The summed E-state index contributed by atoms with van der Waals surface area (Å²) < 4.78 is 5.74. The second-order valence-corrected chi connectivity index (χ2v) is 5.21. The third-order valence-corrected chi connectivity index (χ3v) is 3.31. The van der Waals surface area contributed by atoms with Crippen molar-refractivity contribution < 1.29 is 4.74 Å². The van der Waals surface area contributed by atoms with E-state index in [0.29, 0.717) is 0 Å². The molecule has 0 radical (unpaired) electrons. The normalized spacial score (nSPS) is 15.4. The number of nitrogens with zero attached hydrogens (tertiary/aromatic N) is 1. The van der Waals surface area contributed by atoms with Crippen molar-refractivity contribution >= 4 is 5.57 Å². The molecule has 0 atom stereocenters. The van der Waals surface area contributed by atoms with Crippen molar-refractivity contribution in [2.24, 2.45) is 0 Å². The van der Waals surface area contributed by atoms with Crippen molar-refractivity contribution in [3.05, 3.63) is 35.9 Å². The second kappa shape index (κ2) is 7.31. The zero-order valence-electron chi connectivity index (χ0n) is 12.0. The van der Waals surface area contributed by atoms with Gasteiger partial charge in [-0.1, -0.05) is 18.2 Å². The molecular weight excluding hydrogens is 236 g/mol. The molecule has 1 heterocycles. The Morgan fingerprint density at radius 1 is 1.21 bits per heavy atom. The standard InChI is InChI=1S/C16H24N2O/c1-18(2)12-3-13-19-16-6-4-14(5-7-16)15-8-10-17-11-9-15/h4-8,17H,3,9-13H2,1-2H3. The first-order valence-corrected chi connectivity index (χ1v) is 7.03. The molecule has 0 unspecified atom stereocenters. The number of nitrogens with one attached hydrogen (secondary N) is 1. The zero-order valence-corrected chi connectivity index (χ0v) is 12.0. The Balaban J connectivity index is 1.82. The summed E-state index contributed by atoms with van der Waals surface area (Å²) in [6.45, 7) is 3.91. The van der Waals surface area contributed by atoms with E-state index in [1.807, 2.05) is 0 Å². The Labute approximate surface area is 116 Å². The van der Waals surface area contributed by atoms with Crippen LogP contribution in [-0.4, -0.2) is 45.2 Å². The molecule has 3 heteroatoms. The number of rotatable bonds is 6. The molecule has 1 aliphatic rings. The summed E-state index contributed by atoms with van der Waals surface area (Å²) in [5.74, 6) is 0.969. The van der Waals surface area contributed by atoms with Gasteiger partial charge in [0.2, 0.25) is 0 Å². The van der Waals surface area contributed by atoms with Crippen LogP contribution in [0.4, 0.5) is 0 Å². The van der Waals surface area contributed by atoms with E-state index in [-0.39, 0.29) is 0 Å². The maximum Gasteiger partial charge on any atom is 0.119 e. The van der Waals surface area contributed by atoms with E-state index in [0.717, 1.165) is 44.8 Å². The topological polar surface area (TPSA) is 24.5 Å². The van der Waals surface area contributed by atoms with E-state index in [4.69, 9.17) is 4.74 Å². The SMILES string of the molecule is CN(C)CCCOc1ccc(C2=CCNCC2)cc1. The van der Waals surface area contributed by atoms with Gasteiger partial charge in [-0.2, -0.15) is 0 Å². The van der Waals surface area contributed by atoms with Crippen LogP contribution in [0.5, 0.6) is 5.75 Å². The number of ether oxygens (including phenoxy) is 1. The van der Waals surface area contributed by atoms with E-state index >= 15 is 0 Å². The van der Waals surface area contributed by atoms with Gasteiger partial charge in [0.05, 0.1) is 6.61 Å². The highest BCUT2D eigenvalue weighted by atomic mass is 16.5. The van der Waals surface area contributed by atoms with Crippen molar-refractivity contribution in [2.75, 3.05) is 40.3 Å². The van der Waals surface area contributed by atoms with Crippen molar-refractivity contribution in [1.29, 1.82) is 0 Å². The molecule has 0 fully saturated rings. The van der Waals surface area contributed by atoms with Gasteiger partial charge in [-0.25, -0.2) is 0 Å². The lowest BCUT2D eigenvalue weighted by atomic mass is 10.0. The average molecular weight is 260 g/mol. The van der Waals surface area contributed by atoms with Gasteiger partial charge in [-0.05, 0) is 56.8 Å². The highest BCUT2D eigenvalue weighted by molar-refractivity contribution is 5.67. The Bertz CT molecular complexity index is 409. The molecule has 0 saturated heterocycles. The van der Waals surface area contributed by atoms with E-state index < -0.39 is 0 Å². The third kappa shape index (κ3) is 4.69. The Morgan fingerprint density at radius 3 is 2.63 bits per heavy atom.